The Morgan fingerprint density at radius 2 is 1.93 bits per heavy atom. The minimum Gasteiger partial charge on any atom is -0.494 e. The quantitative estimate of drug-likeness (QED) is 0.795. The molecule has 2 heteroatoms. The Bertz CT molecular complexity index is 276. The van der Waals surface area contributed by atoms with Gasteiger partial charge in [-0.1, -0.05) is 6.07 Å². The van der Waals surface area contributed by atoms with E-state index in [1.807, 2.05) is 13.0 Å². The Balaban J connectivity index is 2.99. The zero-order valence-electron chi connectivity index (χ0n) is 9.26. The fraction of sp³-hybridized carbons (Fsp3) is 0.500. The highest BCUT2D eigenvalue weighted by atomic mass is 16.5. The van der Waals surface area contributed by atoms with E-state index in [1.165, 1.54) is 16.7 Å². The third-order valence-electron chi connectivity index (χ3n) is 2.56. The number of hydrogen-bond donors (Lipinski definition) is 1. The monoisotopic (exact) mass is 193 g/mol. The highest BCUT2D eigenvalue weighted by Crippen LogP contribution is 2.24. The van der Waals surface area contributed by atoms with Gasteiger partial charge in [0.25, 0.3) is 0 Å². The SMILES string of the molecule is CCOc1ccc(CCN)c(C)c1C. The Kier molecular flexibility index (Phi) is 3.96. The number of nitrogens with two attached hydrogens (primary N) is 1. The van der Waals surface area contributed by atoms with Gasteiger partial charge in [0.1, 0.15) is 5.75 Å². The first-order valence-electron chi connectivity index (χ1n) is 5.12. The highest BCUT2D eigenvalue weighted by Gasteiger charge is 2.05. The van der Waals surface area contributed by atoms with E-state index < -0.39 is 0 Å². The average Bonchev–Trinajstić information content (AvgIpc) is 2.18. The minimum absolute atomic E-state index is 0.703. The van der Waals surface area contributed by atoms with Gasteiger partial charge in [-0.15, -0.1) is 0 Å². The Morgan fingerprint density at radius 3 is 2.50 bits per heavy atom. The molecule has 0 aliphatic carbocycles. The molecule has 1 aromatic carbocycles. The first-order valence-corrected chi connectivity index (χ1v) is 5.12. The molecule has 0 aliphatic rings. The van der Waals surface area contributed by atoms with Crippen LogP contribution in [0.1, 0.15) is 23.6 Å². The molecular formula is C12H19NO. The zero-order chi connectivity index (χ0) is 10.6. The summed E-state index contributed by atoms with van der Waals surface area (Å²) in [4.78, 5) is 0. The lowest BCUT2D eigenvalue weighted by Gasteiger charge is -2.12. The smallest absolute Gasteiger partial charge is 0.122 e. The first-order chi connectivity index (χ1) is 6.70. The fourth-order valence-corrected chi connectivity index (χ4v) is 1.59. The molecule has 0 unspecified atom stereocenters. The number of hydrogen-bond acceptors (Lipinski definition) is 2. The van der Waals surface area contributed by atoms with Crippen LogP contribution in [0.4, 0.5) is 0 Å². The lowest BCUT2D eigenvalue weighted by atomic mass is 10.0. The summed E-state index contributed by atoms with van der Waals surface area (Å²) in [7, 11) is 0. The summed E-state index contributed by atoms with van der Waals surface area (Å²) < 4.78 is 5.52. The average molecular weight is 193 g/mol. The molecule has 0 bridgehead atoms. The van der Waals surface area contributed by atoms with Crippen LogP contribution in [0.25, 0.3) is 0 Å². The Labute approximate surface area is 86.1 Å². The maximum absolute atomic E-state index is 5.54. The van der Waals surface area contributed by atoms with E-state index in [2.05, 4.69) is 19.9 Å². The van der Waals surface area contributed by atoms with E-state index in [-0.39, 0.29) is 0 Å². The predicted molar refractivity (Wildman–Crippen MR) is 59.8 cm³/mol. The van der Waals surface area contributed by atoms with Crippen molar-refractivity contribution in [2.75, 3.05) is 13.2 Å². The number of benzene rings is 1. The molecule has 1 rings (SSSR count). The van der Waals surface area contributed by atoms with E-state index in [1.54, 1.807) is 0 Å². The topological polar surface area (TPSA) is 35.2 Å². The van der Waals surface area contributed by atoms with Gasteiger partial charge in [0.2, 0.25) is 0 Å². The Hall–Kier alpha value is -1.02. The third kappa shape index (κ3) is 2.26. The van der Waals surface area contributed by atoms with Crippen molar-refractivity contribution in [1.82, 2.24) is 0 Å². The molecule has 14 heavy (non-hydrogen) atoms. The van der Waals surface area contributed by atoms with Crippen molar-refractivity contribution in [2.45, 2.75) is 27.2 Å². The zero-order valence-corrected chi connectivity index (χ0v) is 9.26. The van der Waals surface area contributed by atoms with Gasteiger partial charge in [0.15, 0.2) is 0 Å². The van der Waals surface area contributed by atoms with Crippen molar-refractivity contribution in [3.63, 3.8) is 0 Å². The highest BCUT2D eigenvalue weighted by molar-refractivity contribution is 5.43. The van der Waals surface area contributed by atoms with Crippen molar-refractivity contribution >= 4 is 0 Å². The predicted octanol–water partition coefficient (Wildman–Crippen LogP) is 2.20. The maximum Gasteiger partial charge on any atom is 0.122 e. The lowest BCUT2D eigenvalue weighted by molar-refractivity contribution is 0.337. The normalized spacial score (nSPS) is 10.3. The molecule has 0 saturated carbocycles. The summed E-state index contributed by atoms with van der Waals surface area (Å²) in [5, 5.41) is 0. The van der Waals surface area contributed by atoms with Gasteiger partial charge < -0.3 is 10.5 Å². The number of rotatable bonds is 4. The second-order valence-corrected chi connectivity index (χ2v) is 3.44. The van der Waals surface area contributed by atoms with Gasteiger partial charge in [-0.05, 0) is 56.5 Å². The summed E-state index contributed by atoms with van der Waals surface area (Å²) in [6.45, 7) is 7.65. The third-order valence-corrected chi connectivity index (χ3v) is 2.56. The molecule has 0 fully saturated rings. The van der Waals surface area contributed by atoms with Crippen LogP contribution in [-0.4, -0.2) is 13.2 Å². The van der Waals surface area contributed by atoms with Crippen molar-refractivity contribution in [3.8, 4) is 5.75 Å². The summed E-state index contributed by atoms with van der Waals surface area (Å²) >= 11 is 0. The van der Waals surface area contributed by atoms with Crippen molar-refractivity contribution in [3.05, 3.63) is 28.8 Å². The van der Waals surface area contributed by atoms with E-state index in [0.717, 1.165) is 18.8 Å². The second kappa shape index (κ2) is 5.01. The molecule has 0 radical (unpaired) electrons. The lowest BCUT2D eigenvalue weighted by Crippen LogP contribution is -2.05. The largest absolute Gasteiger partial charge is 0.494 e. The van der Waals surface area contributed by atoms with Crippen molar-refractivity contribution in [2.24, 2.45) is 5.73 Å². The van der Waals surface area contributed by atoms with Gasteiger partial charge in [0.05, 0.1) is 6.61 Å². The molecule has 2 nitrogen and oxygen atoms in total. The number of ether oxygens (including phenoxy) is 1. The van der Waals surface area contributed by atoms with Gasteiger partial charge in [-0.2, -0.15) is 0 Å². The minimum atomic E-state index is 0.703. The van der Waals surface area contributed by atoms with E-state index in [4.69, 9.17) is 10.5 Å². The Morgan fingerprint density at radius 1 is 1.21 bits per heavy atom. The fourth-order valence-electron chi connectivity index (χ4n) is 1.59. The van der Waals surface area contributed by atoms with Crippen LogP contribution in [-0.2, 0) is 6.42 Å². The van der Waals surface area contributed by atoms with Crippen LogP contribution in [0.2, 0.25) is 0 Å². The van der Waals surface area contributed by atoms with Gasteiger partial charge in [-0.25, -0.2) is 0 Å². The van der Waals surface area contributed by atoms with Crippen LogP contribution >= 0.6 is 0 Å². The van der Waals surface area contributed by atoms with Crippen LogP contribution < -0.4 is 10.5 Å². The van der Waals surface area contributed by atoms with Crippen molar-refractivity contribution in [1.29, 1.82) is 0 Å². The van der Waals surface area contributed by atoms with Crippen LogP contribution in [0, 0.1) is 13.8 Å². The van der Waals surface area contributed by atoms with E-state index in [0.29, 0.717) is 6.54 Å². The standard InChI is InChI=1S/C12H19NO/c1-4-14-12-6-5-11(7-8-13)9(2)10(12)3/h5-6H,4,7-8,13H2,1-3H3. The van der Waals surface area contributed by atoms with Gasteiger partial charge in [-0.3, -0.25) is 0 Å². The van der Waals surface area contributed by atoms with E-state index in [9.17, 15) is 0 Å². The first kappa shape index (κ1) is 11.1. The molecule has 0 aliphatic heterocycles. The molecule has 0 aromatic heterocycles. The van der Waals surface area contributed by atoms with Crippen LogP contribution in [0.15, 0.2) is 12.1 Å². The molecular weight excluding hydrogens is 174 g/mol. The second-order valence-electron chi connectivity index (χ2n) is 3.44. The van der Waals surface area contributed by atoms with Crippen LogP contribution in [0.3, 0.4) is 0 Å². The van der Waals surface area contributed by atoms with Gasteiger partial charge in [0, 0.05) is 0 Å². The summed E-state index contributed by atoms with van der Waals surface area (Å²) in [6.07, 6.45) is 0.944. The molecule has 0 saturated heterocycles. The molecule has 0 spiro atoms. The van der Waals surface area contributed by atoms with Crippen LogP contribution in [0.5, 0.6) is 5.75 Å². The molecule has 0 heterocycles. The summed E-state index contributed by atoms with van der Waals surface area (Å²) in [6, 6.07) is 4.15. The molecule has 0 amide bonds. The van der Waals surface area contributed by atoms with E-state index >= 15 is 0 Å². The molecule has 1 aromatic rings. The van der Waals surface area contributed by atoms with Gasteiger partial charge >= 0.3 is 0 Å². The molecule has 2 N–H and O–H groups in total. The summed E-state index contributed by atoms with van der Waals surface area (Å²) in [5.74, 6) is 0.991. The molecule has 78 valence electrons. The molecule has 0 atom stereocenters. The van der Waals surface area contributed by atoms with Crippen molar-refractivity contribution < 1.29 is 4.74 Å². The summed E-state index contributed by atoms with van der Waals surface area (Å²) in [5.41, 5.74) is 9.41. The maximum atomic E-state index is 5.54.